The minimum absolute atomic E-state index is 0.109. The zero-order valence-electron chi connectivity index (χ0n) is 17.1. The number of carbonyl (C=O) groups excluding carboxylic acids is 1. The average Bonchev–Trinajstić information content (AvgIpc) is 3.13. The van der Waals surface area contributed by atoms with E-state index in [2.05, 4.69) is 22.9 Å². The van der Waals surface area contributed by atoms with Crippen LogP contribution in [0.5, 0.6) is 0 Å². The molecule has 1 fully saturated rings. The summed E-state index contributed by atoms with van der Waals surface area (Å²) in [5.41, 5.74) is 4.13. The first kappa shape index (κ1) is 19.8. The van der Waals surface area contributed by atoms with Gasteiger partial charge in [0.1, 0.15) is 0 Å². The van der Waals surface area contributed by atoms with E-state index >= 15 is 0 Å². The third kappa shape index (κ3) is 4.58. The molecule has 3 heterocycles. The number of fused-ring (bicyclic) bond motifs is 1. The van der Waals surface area contributed by atoms with E-state index in [9.17, 15) is 4.79 Å². The van der Waals surface area contributed by atoms with E-state index in [0.717, 1.165) is 69.4 Å². The number of rotatable bonds is 7. The van der Waals surface area contributed by atoms with Crippen molar-refractivity contribution in [3.05, 3.63) is 59.7 Å². The Balaban J connectivity index is 1.46. The highest BCUT2D eigenvalue weighted by Gasteiger charge is 2.31. The van der Waals surface area contributed by atoms with Crippen LogP contribution in [0, 0.1) is 0 Å². The lowest BCUT2D eigenvalue weighted by atomic mass is 9.90. The summed E-state index contributed by atoms with van der Waals surface area (Å²) in [4.78, 5) is 19.6. The zero-order valence-corrected chi connectivity index (χ0v) is 17.1. The van der Waals surface area contributed by atoms with E-state index in [4.69, 9.17) is 5.10 Å². The summed E-state index contributed by atoms with van der Waals surface area (Å²) in [6, 6.07) is 6.42. The van der Waals surface area contributed by atoms with Crippen molar-refractivity contribution in [2.24, 2.45) is 0 Å². The third-order valence-electron chi connectivity index (χ3n) is 6.03. The molecule has 29 heavy (non-hydrogen) atoms. The van der Waals surface area contributed by atoms with Crippen LogP contribution < -0.4 is 5.32 Å². The van der Waals surface area contributed by atoms with Crippen LogP contribution in [0.1, 0.15) is 53.1 Å². The Labute approximate surface area is 173 Å². The number of carbonyl (C=O) groups is 1. The second-order valence-corrected chi connectivity index (χ2v) is 8.06. The highest BCUT2D eigenvalue weighted by Crippen LogP contribution is 2.27. The number of nitrogens with zero attached hydrogens (tertiary/aromatic N) is 4. The van der Waals surface area contributed by atoms with Crippen molar-refractivity contribution >= 4 is 5.91 Å². The van der Waals surface area contributed by atoms with Gasteiger partial charge in [0.25, 0.3) is 5.91 Å². The number of hydrogen-bond acceptors (Lipinski definition) is 4. The summed E-state index contributed by atoms with van der Waals surface area (Å²) in [7, 11) is 0. The first-order valence-electron chi connectivity index (χ1n) is 10.9. The molecule has 1 atom stereocenters. The van der Waals surface area contributed by atoms with Gasteiger partial charge in [0.15, 0.2) is 5.69 Å². The zero-order chi connectivity index (χ0) is 20.1. The third-order valence-corrected chi connectivity index (χ3v) is 6.03. The molecule has 0 aromatic carbocycles. The summed E-state index contributed by atoms with van der Waals surface area (Å²) in [6.45, 7) is 7.12. The van der Waals surface area contributed by atoms with Crippen LogP contribution in [0.4, 0.5) is 0 Å². The Kier molecular flexibility index (Phi) is 6.39. The first-order valence-corrected chi connectivity index (χ1v) is 10.9. The Bertz CT molecular complexity index is 838. The van der Waals surface area contributed by atoms with Gasteiger partial charge in [0.05, 0.1) is 6.54 Å². The molecule has 2 aromatic rings. The van der Waals surface area contributed by atoms with E-state index in [1.165, 1.54) is 12.1 Å². The van der Waals surface area contributed by atoms with Crippen LogP contribution in [0.15, 0.2) is 37.1 Å². The van der Waals surface area contributed by atoms with Crippen LogP contribution in [-0.2, 0) is 25.8 Å². The van der Waals surface area contributed by atoms with Gasteiger partial charge in [-0.25, -0.2) is 0 Å². The topological polar surface area (TPSA) is 63.1 Å². The van der Waals surface area contributed by atoms with Crippen molar-refractivity contribution in [1.82, 2.24) is 25.0 Å². The Hall–Kier alpha value is -2.47. The lowest BCUT2D eigenvalue weighted by Crippen LogP contribution is -2.38. The summed E-state index contributed by atoms with van der Waals surface area (Å²) < 4.78 is 1.99. The lowest BCUT2D eigenvalue weighted by molar-refractivity contribution is 0.0716. The van der Waals surface area contributed by atoms with Gasteiger partial charge in [-0.3, -0.25) is 14.5 Å². The van der Waals surface area contributed by atoms with Crippen molar-refractivity contribution in [2.45, 2.75) is 57.5 Å². The second kappa shape index (κ2) is 9.35. The van der Waals surface area contributed by atoms with E-state index in [0.29, 0.717) is 18.3 Å². The minimum Gasteiger partial charge on any atom is -0.337 e. The average molecular weight is 394 g/mol. The number of pyridine rings is 1. The van der Waals surface area contributed by atoms with Crippen LogP contribution in [0.3, 0.4) is 0 Å². The Morgan fingerprint density at radius 3 is 2.90 bits per heavy atom. The van der Waals surface area contributed by atoms with Crippen molar-refractivity contribution < 1.29 is 4.79 Å². The fourth-order valence-corrected chi connectivity index (χ4v) is 4.50. The number of hydrogen-bond donors (Lipinski definition) is 1. The van der Waals surface area contributed by atoms with Gasteiger partial charge in [-0.15, -0.1) is 6.58 Å². The van der Waals surface area contributed by atoms with Crippen LogP contribution in [0.2, 0.25) is 0 Å². The number of nitrogens with one attached hydrogen (secondary N) is 1. The first-order chi connectivity index (χ1) is 14.3. The van der Waals surface area contributed by atoms with Crippen molar-refractivity contribution in [1.29, 1.82) is 0 Å². The number of piperidine rings is 1. The summed E-state index contributed by atoms with van der Waals surface area (Å²) in [6.07, 6.45) is 10.9. The van der Waals surface area contributed by atoms with Gasteiger partial charge >= 0.3 is 0 Å². The number of amides is 1. The van der Waals surface area contributed by atoms with Gasteiger partial charge in [0.2, 0.25) is 0 Å². The fourth-order valence-electron chi connectivity index (χ4n) is 4.50. The van der Waals surface area contributed by atoms with E-state index in [1.807, 2.05) is 34.0 Å². The van der Waals surface area contributed by atoms with Crippen molar-refractivity contribution in [2.75, 3.05) is 19.6 Å². The molecule has 4 rings (SSSR count). The molecule has 1 saturated heterocycles. The molecule has 1 N–H and O–H groups in total. The molecule has 2 aromatic heterocycles. The molecule has 1 unspecified atom stereocenters. The molecule has 6 nitrogen and oxygen atoms in total. The lowest BCUT2D eigenvalue weighted by Gasteiger charge is -2.27. The number of allylic oxidation sites excluding steroid dienone is 1. The molecule has 0 saturated carbocycles. The van der Waals surface area contributed by atoms with Gasteiger partial charge < -0.3 is 10.2 Å². The predicted octanol–water partition coefficient (Wildman–Crippen LogP) is 2.78. The summed E-state index contributed by atoms with van der Waals surface area (Å²) in [5.74, 6) is 0.109. The van der Waals surface area contributed by atoms with Gasteiger partial charge in [0, 0.05) is 55.2 Å². The van der Waals surface area contributed by atoms with Gasteiger partial charge in [-0.2, -0.15) is 5.10 Å². The minimum atomic E-state index is 0.109. The molecule has 154 valence electrons. The Morgan fingerprint density at radius 2 is 2.14 bits per heavy atom. The summed E-state index contributed by atoms with van der Waals surface area (Å²) in [5, 5.41) is 8.41. The van der Waals surface area contributed by atoms with Crippen LogP contribution in [-0.4, -0.2) is 51.2 Å². The molecule has 1 amide bonds. The SMILES string of the molecule is C=CCn1nc(C(=O)N2CCCCC2)c2c1CCC(NCCc1ccccn1)C2. The van der Waals surface area contributed by atoms with E-state index < -0.39 is 0 Å². The monoisotopic (exact) mass is 393 g/mol. The largest absolute Gasteiger partial charge is 0.337 e. The molecule has 2 aliphatic rings. The highest BCUT2D eigenvalue weighted by atomic mass is 16.2. The molecule has 6 heteroatoms. The van der Waals surface area contributed by atoms with Gasteiger partial charge in [-0.1, -0.05) is 12.1 Å². The maximum atomic E-state index is 13.2. The molecular weight excluding hydrogens is 362 g/mol. The fraction of sp³-hybridized carbons (Fsp3) is 0.522. The molecule has 1 aliphatic heterocycles. The molecule has 0 radical (unpaired) electrons. The number of aromatic nitrogens is 3. The van der Waals surface area contributed by atoms with E-state index in [1.54, 1.807) is 0 Å². The molecule has 0 bridgehead atoms. The maximum Gasteiger partial charge on any atom is 0.274 e. The normalized spacial score (nSPS) is 19.0. The van der Waals surface area contributed by atoms with Crippen molar-refractivity contribution in [3.63, 3.8) is 0 Å². The maximum absolute atomic E-state index is 13.2. The van der Waals surface area contributed by atoms with Crippen molar-refractivity contribution in [3.8, 4) is 0 Å². The second-order valence-electron chi connectivity index (χ2n) is 8.06. The van der Waals surface area contributed by atoms with E-state index in [-0.39, 0.29) is 5.91 Å². The van der Waals surface area contributed by atoms with Crippen LogP contribution in [0.25, 0.3) is 0 Å². The number of likely N-dealkylation sites (tertiary alicyclic amines) is 1. The summed E-state index contributed by atoms with van der Waals surface area (Å²) >= 11 is 0. The molecule has 1 aliphatic carbocycles. The molecule has 0 spiro atoms. The molecular formula is C23H31N5O. The van der Waals surface area contributed by atoms with Gasteiger partial charge in [-0.05, 0) is 50.7 Å². The van der Waals surface area contributed by atoms with Crippen LogP contribution >= 0.6 is 0 Å². The predicted molar refractivity (Wildman–Crippen MR) is 114 cm³/mol. The highest BCUT2D eigenvalue weighted by molar-refractivity contribution is 5.94. The quantitative estimate of drug-likeness (QED) is 0.735. The standard InChI is InChI=1S/C23H31N5O/c1-2-14-28-21-10-9-19(25-13-11-18-8-4-5-12-24-18)17-20(21)22(26-28)23(29)27-15-6-3-7-16-27/h2,4-5,8,12,19,25H,1,3,6-7,9-11,13-17H2. The Morgan fingerprint density at radius 1 is 1.28 bits per heavy atom. The smallest absolute Gasteiger partial charge is 0.274 e.